The number of hydrogen-bond donors (Lipinski definition) is 3. The molecule has 2 amide bonds. The molecule has 11 nitrogen and oxygen atoms in total. The van der Waals surface area contributed by atoms with E-state index >= 15 is 0 Å². The monoisotopic (exact) mass is 651 g/mol. The smallest absolute Gasteiger partial charge is 0.343 e. The Morgan fingerprint density at radius 1 is 0.896 bits per heavy atom. The molecule has 0 aliphatic rings. The molecule has 11 heteroatoms. The van der Waals surface area contributed by atoms with E-state index in [4.69, 9.17) is 9.47 Å². The molecule has 1 heterocycles. The van der Waals surface area contributed by atoms with E-state index in [2.05, 4.69) is 27.7 Å². The molecule has 0 fully saturated rings. The normalized spacial score (nSPS) is 11.2. The van der Waals surface area contributed by atoms with E-state index < -0.39 is 12.1 Å². The van der Waals surface area contributed by atoms with E-state index in [9.17, 15) is 19.5 Å². The summed E-state index contributed by atoms with van der Waals surface area (Å²) in [5.74, 6) is 0.216. The van der Waals surface area contributed by atoms with Crippen molar-refractivity contribution in [2.24, 2.45) is 0 Å². The number of nitrogens with zero attached hydrogens (tertiary/aromatic N) is 3. The minimum absolute atomic E-state index is 0.107. The number of phenolic OH excluding ortho intramolecular Hbond substituents is 1. The highest BCUT2D eigenvalue weighted by Crippen LogP contribution is 2.29. The quantitative estimate of drug-likeness (QED) is 0.0827. The third-order valence-electron chi connectivity index (χ3n) is 7.59. The van der Waals surface area contributed by atoms with Gasteiger partial charge in [-0.05, 0) is 87.7 Å². The summed E-state index contributed by atoms with van der Waals surface area (Å²) in [6.45, 7) is 9.43. The lowest BCUT2D eigenvalue weighted by atomic mass is 10.1. The average molecular weight is 652 g/mol. The number of phenols is 1. The number of aryl methyl sites for hydroxylation is 3. The highest BCUT2D eigenvalue weighted by molar-refractivity contribution is 5.97. The van der Waals surface area contributed by atoms with Crippen LogP contribution in [0.25, 0.3) is 11.0 Å². The molecule has 0 aliphatic heterocycles. The molecule has 1 aromatic heterocycles. The van der Waals surface area contributed by atoms with Crippen LogP contribution in [0.3, 0.4) is 0 Å². The summed E-state index contributed by atoms with van der Waals surface area (Å²) in [5.41, 5.74) is 5.84. The maximum Gasteiger partial charge on any atom is 0.343 e. The number of rotatable bonds is 10. The van der Waals surface area contributed by atoms with E-state index in [1.54, 1.807) is 49.5 Å². The maximum absolute atomic E-state index is 12.9. The fourth-order valence-corrected chi connectivity index (χ4v) is 4.69. The number of amides is 2. The second-order valence-corrected chi connectivity index (χ2v) is 11.5. The predicted octanol–water partition coefficient (Wildman–Crippen LogP) is 7.05. The molecule has 3 N–H and O–H groups in total. The van der Waals surface area contributed by atoms with Crippen LogP contribution in [-0.2, 0) is 9.59 Å². The number of nitrogens with one attached hydrogen (secondary N) is 2. The van der Waals surface area contributed by atoms with E-state index in [1.165, 1.54) is 17.9 Å². The number of H-pyrrole nitrogens is 1. The number of aromatic amines is 1. The minimum atomic E-state index is -0.671. The Hall–Kier alpha value is -5.71. The van der Waals surface area contributed by atoms with Crippen LogP contribution in [0, 0.1) is 20.8 Å². The number of unbranched alkanes of at least 4 members (excludes halogenated alkanes) is 1. The van der Waals surface area contributed by atoms with E-state index in [-0.39, 0.29) is 23.3 Å². The Morgan fingerprint density at radius 3 is 2.27 bits per heavy atom. The summed E-state index contributed by atoms with van der Waals surface area (Å²) in [6.07, 6.45) is 1.69. The number of carbonyl (C=O) groups excluding carboxylic acids is 3. The number of aromatic hydroxyl groups is 1. The molecule has 48 heavy (non-hydrogen) atoms. The second-order valence-electron chi connectivity index (χ2n) is 11.5. The number of hydrogen-bond acceptors (Lipinski definition) is 8. The van der Waals surface area contributed by atoms with Gasteiger partial charge in [-0.25, -0.2) is 4.79 Å². The number of anilines is 2. The Kier molecular flexibility index (Phi) is 11.9. The van der Waals surface area contributed by atoms with E-state index in [1.807, 2.05) is 51.1 Å². The fraction of sp³-hybridized carbons (Fsp3) is 0.270. The highest BCUT2D eigenvalue weighted by Gasteiger charge is 2.22. The van der Waals surface area contributed by atoms with Crippen LogP contribution in [0.1, 0.15) is 60.2 Å². The van der Waals surface area contributed by atoms with E-state index in [0.29, 0.717) is 40.2 Å². The van der Waals surface area contributed by atoms with Crippen molar-refractivity contribution in [1.82, 2.24) is 15.4 Å². The molecule has 5 rings (SSSR count). The number of aromatic nitrogens is 3. The van der Waals surface area contributed by atoms with Gasteiger partial charge in [-0.15, -0.1) is 0 Å². The summed E-state index contributed by atoms with van der Waals surface area (Å²) in [4.78, 5) is 37.8. The van der Waals surface area contributed by atoms with Gasteiger partial charge >= 0.3 is 5.97 Å². The van der Waals surface area contributed by atoms with Crippen molar-refractivity contribution in [3.8, 4) is 17.2 Å². The Bertz CT molecular complexity index is 1890. The molecule has 0 spiro atoms. The zero-order chi connectivity index (χ0) is 34.8. The maximum atomic E-state index is 12.9. The van der Waals surface area contributed by atoms with Gasteiger partial charge < -0.3 is 24.8 Å². The SMILES string of the molecule is CCCCC(Oc1ccc(C)cc1C)C(=O)Nc1ccc(N(C)C(C)=O)cc1O.Cc1ccc(OC(=O)c2ccc3n[nH]nc3c2)cc1. The molecule has 250 valence electrons. The van der Waals surface area contributed by atoms with Gasteiger partial charge in [0.2, 0.25) is 5.91 Å². The summed E-state index contributed by atoms with van der Waals surface area (Å²) in [5, 5.41) is 23.4. The minimum Gasteiger partial charge on any atom is -0.506 e. The number of benzene rings is 4. The number of fused-ring (bicyclic) bond motifs is 1. The third-order valence-corrected chi connectivity index (χ3v) is 7.59. The van der Waals surface area contributed by atoms with Gasteiger partial charge in [0.1, 0.15) is 28.3 Å². The first kappa shape index (κ1) is 35.1. The van der Waals surface area contributed by atoms with Gasteiger partial charge in [0.25, 0.3) is 5.91 Å². The van der Waals surface area contributed by atoms with Crippen molar-refractivity contribution in [1.29, 1.82) is 0 Å². The van der Waals surface area contributed by atoms with Gasteiger partial charge in [-0.3, -0.25) is 9.59 Å². The van der Waals surface area contributed by atoms with E-state index in [0.717, 1.165) is 29.5 Å². The molecule has 0 saturated heterocycles. The fourth-order valence-electron chi connectivity index (χ4n) is 4.69. The summed E-state index contributed by atoms with van der Waals surface area (Å²) >= 11 is 0. The molecule has 1 unspecified atom stereocenters. The van der Waals surface area contributed by atoms with Gasteiger partial charge in [-0.1, -0.05) is 48.7 Å². The lowest BCUT2D eigenvalue weighted by molar-refractivity contribution is -0.123. The first-order valence-electron chi connectivity index (χ1n) is 15.7. The first-order valence-corrected chi connectivity index (χ1v) is 15.7. The predicted molar refractivity (Wildman–Crippen MR) is 186 cm³/mol. The first-order chi connectivity index (χ1) is 22.9. The van der Waals surface area contributed by atoms with Crippen LogP contribution in [-0.4, -0.2) is 51.5 Å². The van der Waals surface area contributed by atoms with Crippen molar-refractivity contribution >= 4 is 40.2 Å². The van der Waals surface area contributed by atoms with Crippen molar-refractivity contribution in [3.05, 3.63) is 101 Å². The van der Waals surface area contributed by atoms with Crippen molar-refractivity contribution in [2.45, 2.75) is 60.0 Å². The average Bonchev–Trinajstić information content (AvgIpc) is 3.54. The molecule has 1 atom stereocenters. The molecular formula is C37H41N5O6. The topological polar surface area (TPSA) is 147 Å². The molecular weight excluding hydrogens is 610 g/mol. The zero-order valence-corrected chi connectivity index (χ0v) is 28.0. The van der Waals surface area contributed by atoms with Crippen molar-refractivity contribution in [3.63, 3.8) is 0 Å². The Labute approximate surface area is 279 Å². The number of carbonyl (C=O) groups is 3. The van der Waals surface area contributed by atoms with Crippen molar-refractivity contribution < 1.29 is 29.0 Å². The zero-order valence-electron chi connectivity index (χ0n) is 28.0. The molecule has 4 aromatic carbocycles. The summed E-state index contributed by atoms with van der Waals surface area (Å²) < 4.78 is 11.3. The van der Waals surface area contributed by atoms with Gasteiger partial charge in [0, 0.05) is 25.7 Å². The largest absolute Gasteiger partial charge is 0.506 e. The number of ether oxygens (including phenoxy) is 2. The molecule has 5 aromatic rings. The lowest BCUT2D eigenvalue weighted by Gasteiger charge is -2.21. The second kappa shape index (κ2) is 16.2. The highest BCUT2D eigenvalue weighted by atomic mass is 16.5. The molecule has 0 saturated carbocycles. The standard InChI is InChI=1S/C23H30N2O4.C14H11N3O2/c1-6-7-8-22(29-21-12-9-15(2)13-16(21)3)23(28)24-19-11-10-18(14-20(19)27)25(5)17(4)26;1-9-2-5-11(6-3-9)19-14(18)10-4-7-12-13(8-10)16-17-15-12/h9-14,22,27H,6-8H2,1-5H3,(H,24,28);2-8H,1H3,(H,15,16,17). The Balaban J connectivity index is 0.000000235. The van der Waals surface area contributed by atoms with Gasteiger partial charge in [0.15, 0.2) is 6.10 Å². The number of esters is 1. The van der Waals surface area contributed by atoms with Crippen molar-refractivity contribution in [2.75, 3.05) is 17.3 Å². The summed E-state index contributed by atoms with van der Waals surface area (Å²) in [6, 6.07) is 22.9. The van der Waals surface area contributed by atoms with Crippen LogP contribution in [0.2, 0.25) is 0 Å². The Morgan fingerprint density at radius 2 is 1.60 bits per heavy atom. The van der Waals surface area contributed by atoms with Crippen LogP contribution in [0.5, 0.6) is 17.2 Å². The summed E-state index contributed by atoms with van der Waals surface area (Å²) in [7, 11) is 1.62. The molecule has 0 aliphatic carbocycles. The van der Waals surface area contributed by atoms with Gasteiger partial charge in [-0.2, -0.15) is 15.4 Å². The molecule has 0 bridgehead atoms. The van der Waals surface area contributed by atoms with Crippen LogP contribution in [0.15, 0.2) is 78.9 Å². The lowest BCUT2D eigenvalue weighted by Crippen LogP contribution is -2.33. The van der Waals surface area contributed by atoms with Crippen LogP contribution < -0.4 is 19.7 Å². The van der Waals surface area contributed by atoms with Crippen LogP contribution in [0.4, 0.5) is 11.4 Å². The third kappa shape index (κ3) is 9.41. The van der Waals surface area contributed by atoms with Crippen LogP contribution >= 0.6 is 0 Å². The van der Waals surface area contributed by atoms with Gasteiger partial charge in [0.05, 0.1) is 11.3 Å². The molecule has 0 radical (unpaired) electrons.